The van der Waals surface area contributed by atoms with Gasteiger partial charge in [0, 0.05) is 37.6 Å². The van der Waals surface area contributed by atoms with E-state index >= 15 is 0 Å². The van der Waals surface area contributed by atoms with Crippen LogP contribution in [0.15, 0.2) is 18.3 Å². The summed E-state index contributed by atoms with van der Waals surface area (Å²) in [5.74, 6) is -0.106. The van der Waals surface area contributed by atoms with Crippen LogP contribution in [0.1, 0.15) is 30.8 Å². The highest BCUT2D eigenvalue weighted by Gasteiger charge is 2.35. The first-order chi connectivity index (χ1) is 8.90. The molecule has 0 bridgehead atoms. The second-order valence-electron chi connectivity index (χ2n) is 5.76. The monoisotopic (exact) mass is 262 g/mol. The Hall–Kier alpha value is -1.62. The summed E-state index contributed by atoms with van der Waals surface area (Å²) in [5.41, 5.74) is 1.38. The summed E-state index contributed by atoms with van der Waals surface area (Å²) in [4.78, 5) is 18.4. The zero-order valence-electron chi connectivity index (χ0n) is 12.0. The number of nitrogens with one attached hydrogen (secondary N) is 2. The van der Waals surface area contributed by atoms with Crippen molar-refractivity contribution < 1.29 is 4.79 Å². The Morgan fingerprint density at radius 1 is 1.53 bits per heavy atom. The van der Waals surface area contributed by atoms with Crippen LogP contribution in [-0.4, -0.2) is 43.1 Å². The SMILES string of the molecule is CN(C)c1ccnc(C(=O)N[C@H]2CCNC2(C)C)c1. The molecule has 5 heteroatoms. The van der Waals surface area contributed by atoms with E-state index in [0.717, 1.165) is 18.7 Å². The van der Waals surface area contributed by atoms with Crippen LogP contribution in [0.5, 0.6) is 0 Å². The van der Waals surface area contributed by atoms with Gasteiger partial charge in [-0.2, -0.15) is 0 Å². The lowest BCUT2D eigenvalue weighted by Crippen LogP contribution is -2.50. The standard InChI is InChI=1S/C14H22N4O/c1-14(2)12(6-8-16-14)17-13(19)11-9-10(18(3)4)5-7-15-11/h5,7,9,12,16H,6,8H2,1-4H3,(H,17,19)/t12-/m0/s1. The van der Waals surface area contributed by atoms with Gasteiger partial charge in [0.05, 0.1) is 0 Å². The van der Waals surface area contributed by atoms with Crippen molar-refractivity contribution in [1.82, 2.24) is 15.6 Å². The van der Waals surface area contributed by atoms with Crippen molar-refractivity contribution in [2.75, 3.05) is 25.5 Å². The molecule has 104 valence electrons. The maximum absolute atomic E-state index is 12.2. The first-order valence-electron chi connectivity index (χ1n) is 6.59. The topological polar surface area (TPSA) is 57.3 Å². The molecule has 0 aliphatic carbocycles. The van der Waals surface area contributed by atoms with Crippen LogP contribution < -0.4 is 15.5 Å². The summed E-state index contributed by atoms with van der Waals surface area (Å²) < 4.78 is 0. The van der Waals surface area contributed by atoms with E-state index in [1.165, 1.54) is 0 Å². The molecule has 1 aliphatic heterocycles. The predicted molar refractivity (Wildman–Crippen MR) is 76.5 cm³/mol. The van der Waals surface area contributed by atoms with Crippen LogP contribution in [-0.2, 0) is 0 Å². The quantitative estimate of drug-likeness (QED) is 0.854. The highest BCUT2D eigenvalue weighted by Crippen LogP contribution is 2.19. The lowest BCUT2D eigenvalue weighted by molar-refractivity contribution is 0.0919. The Morgan fingerprint density at radius 2 is 2.26 bits per heavy atom. The van der Waals surface area contributed by atoms with Crippen LogP contribution in [0.4, 0.5) is 5.69 Å². The first kappa shape index (κ1) is 13.8. The van der Waals surface area contributed by atoms with E-state index < -0.39 is 0 Å². The molecule has 1 aliphatic rings. The summed E-state index contributed by atoms with van der Waals surface area (Å²) in [6.45, 7) is 5.15. The Bertz CT molecular complexity index is 470. The Morgan fingerprint density at radius 3 is 2.84 bits per heavy atom. The third-order valence-corrected chi connectivity index (χ3v) is 3.68. The van der Waals surface area contributed by atoms with Gasteiger partial charge in [-0.3, -0.25) is 9.78 Å². The number of aromatic nitrogens is 1. The molecular formula is C14H22N4O. The van der Waals surface area contributed by atoms with E-state index in [1.807, 2.05) is 31.1 Å². The normalized spacial score (nSPS) is 21.2. The molecular weight excluding hydrogens is 240 g/mol. The predicted octanol–water partition coefficient (Wildman–Crippen LogP) is 1.02. The summed E-state index contributed by atoms with van der Waals surface area (Å²) in [5, 5.41) is 6.46. The van der Waals surface area contributed by atoms with Gasteiger partial charge in [-0.15, -0.1) is 0 Å². The molecule has 1 saturated heterocycles. The van der Waals surface area contributed by atoms with Crippen molar-refractivity contribution in [2.24, 2.45) is 0 Å². The van der Waals surface area contributed by atoms with Gasteiger partial charge in [0.1, 0.15) is 5.69 Å². The van der Waals surface area contributed by atoms with E-state index in [0.29, 0.717) is 5.69 Å². The molecule has 0 aromatic carbocycles. The van der Waals surface area contributed by atoms with Gasteiger partial charge in [0.25, 0.3) is 5.91 Å². The van der Waals surface area contributed by atoms with Crippen molar-refractivity contribution >= 4 is 11.6 Å². The van der Waals surface area contributed by atoms with E-state index in [-0.39, 0.29) is 17.5 Å². The number of carbonyl (C=O) groups is 1. The minimum Gasteiger partial charge on any atom is -0.378 e. The zero-order valence-corrected chi connectivity index (χ0v) is 12.0. The minimum absolute atomic E-state index is 0.0607. The molecule has 0 radical (unpaired) electrons. The van der Waals surface area contributed by atoms with Gasteiger partial charge < -0.3 is 15.5 Å². The number of hydrogen-bond donors (Lipinski definition) is 2. The van der Waals surface area contributed by atoms with Gasteiger partial charge in [0.2, 0.25) is 0 Å². The number of pyridine rings is 1. The fourth-order valence-electron chi connectivity index (χ4n) is 2.33. The molecule has 0 spiro atoms. The Balaban J connectivity index is 2.10. The van der Waals surface area contributed by atoms with Gasteiger partial charge in [-0.25, -0.2) is 0 Å². The summed E-state index contributed by atoms with van der Waals surface area (Å²) >= 11 is 0. The van der Waals surface area contributed by atoms with E-state index in [2.05, 4.69) is 29.5 Å². The Kier molecular flexibility index (Phi) is 3.75. The van der Waals surface area contributed by atoms with Crippen molar-refractivity contribution in [2.45, 2.75) is 31.8 Å². The molecule has 2 heterocycles. The summed E-state index contributed by atoms with van der Waals surface area (Å²) in [7, 11) is 3.89. The maximum Gasteiger partial charge on any atom is 0.270 e. The smallest absolute Gasteiger partial charge is 0.270 e. The molecule has 1 fully saturated rings. The molecule has 1 atom stereocenters. The molecule has 2 rings (SSSR count). The van der Waals surface area contributed by atoms with Crippen molar-refractivity contribution in [3.8, 4) is 0 Å². The van der Waals surface area contributed by atoms with Crippen LogP contribution in [0.2, 0.25) is 0 Å². The van der Waals surface area contributed by atoms with Gasteiger partial charge in [-0.1, -0.05) is 0 Å². The second kappa shape index (κ2) is 5.17. The number of amides is 1. The largest absolute Gasteiger partial charge is 0.378 e. The average Bonchev–Trinajstić information content (AvgIpc) is 2.69. The van der Waals surface area contributed by atoms with Crippen LogP contribution in [0.3, 0.4) is 0 Å². The van der Waals surface area contributed by atoms with Crippen molar-refractivity contribution in [3.05, 3.63) is 24.0 Å². The second-order valence-corrected chi connectivity index (χ2v) is 5.76. The molecule has 1 aromatic rings. The van der Waals surface area contributed by atoms with Crippen molar-refractivity contribution in [1.29, 1.82) is 0 Å². The lowest BCUT2D eigenvalue weighted by Gasteiger charge is -2.27. The van der Waals surface area contributed by atoms with Crippen molar-refractivity contribution in [3.63, 3.8) is 0 Å². The number of carbonyl (C=O) groups excluding carboxylic acids is 1. The molecule has 0 unspecified atom stereocenters. The minimum atomic E-state index is -0.106. The molecule has 1 aromatic heterocycles. The van der Waals surface area contributed by atoms with Crippen LogP contribution in [0.25, 0.3) is 0 Å². The zero-order chi connectivity index (χ0) is 14.0. The number of anilines is 1. The Labute approximate surface area is 114 Å². The van der Waals surface area contributed by atoms with Gasteiger partial charge in [0.15, 0.2) is 0 Å². The molecule has 5 nitrogen and oxygen atoms in total. The molecule has 1 amide bonds. The van der Waals surface area contributed by atoms with Gasteiger partial charge in [-0.05, 0) is 38.9 Å². The highest BCUT2D eigenvalue weighted by atomic mass is 16.2. The van der Waals surface area contributed by atoms with E-state index in [4.69, 9.17) is 0 Å². The van der Waals surface area contributed by atoms with E-state index in [9.17, 15) is 4.79 Å². The summed E-state index contributed by atoms with van der Waals surface area (Å²) in [6, 6.07) is 3.84. The van der Waals surface area contributed by atoms with Crippen LogP contribution in [0, 0.1) is 0 Å². The summed E-state index contributed by atoms with van der Waals surface area (Å²) in [6.07, 6.45) is 2.62. The highest BCUT2D eigenvalue weighted by molar-refractivity contribution is 5.93. The number of rotatable bonds is 3. The molecule has 19 heavy (non-hydrogen) atoms. The van der Waals surface area contributed by atoms with Crippen LogP contribution >= 0.6 is 0 Å². The number of hydrogen-bond acceptors (Lipinski definition) is 4. The third-order valence-electron chi connectivity index (χ3n) is 3.68. The molecule has 0 saturated carbocycles. The van der Waals surface area contributed by atoms with Gasteiger partial charge >= 0.3 is 0 Å². The number of nitrogens with zero attached hydrogens (tertiary/aromatic N) is 2. The molecule has 2 N–H and O–H groups in total. The maximum atomic E-state index is 12.2. The average molecular weight is 262 g/mol. The van der Waals surface area contributed by atoms with E-state index in [1.54, 1.807) is 6.20 Å². The fraction of sp³-hybridized carbons (Fsp3) is 0.571. The fourth-order valence-corrected chi connectivity index (χ4v) is 2.33. The first-order valence-corrected chi connectivity index (χ1v) is 6.59. The third kappa shape index (κ3) is 3.04. The lowest BCUT2D eigenvalue weighted by atomic mass is 9.97.